The number of ether oxygens (including phenoxy) is 1. The Morgan fingerprint density at radius 3 is 3.04 bits per heavy atom. The average Bonchev–Trinajstić information content (AvgIpc) is 3.38. The molecule has 1 atom stereocenters. The van der Waals surface area contributed by atoms with E-state index in [0.29, 0.717) is 23.6 Å². The van der Waals surface area contributed by atoms with Crippen LogP contribution in [0.15, 0.2) is 26.5 Å². The van der Waals surface area contributed by atoms with Crippen LogP contribution >= 0.6 is 23.1 Å². The third-order valence-electron chi connectivity index (χ3n) is 4.41. The molecule has 0 N–H and O–H groups in total. The maximum absolute atomic E-state index is 5.79. The molecule has 3 aromatic rings. The van der Waals surface area contributed by atoms with Crippen LogP contribution in [-0.2, 0) is 17.0 Å². The highest BCUT2D eigenvalue weighted by atomic mass is 32.2. The third kappa shape index (κ3) is 3.65. The Morgan fingerprint density at radius 1 is 1.36 bits per heavy atom. The van der Waals surface area contributed by atoms with Gasteiger partial charge in [-0.1, -0.05) is 16.9 Å². The summed E-state index contributed by atoms with van der Waals surface area (Å²) in [6.45, 7) is 5.89. The number of thioether (sulfide) groups is 1. The van der Waals surface area contributed by atoms with Gasteiger partial charge in [-0.25, -0.2) is 4.98 Å². The Kier molecular flexibility index (Phi) is 4.91. The Hall–Kier alpha value is -1.64. The molecule has 0 radical (unpaired) electrons. The molecule has 0 bridgehead atoms. The first kappa shape index (κ1) is 16.8. The molecule has 132 valence electrons. The molecule has 1 saturated heterocycles. The Morgan fingerprint density at radius 2 is 2.28 bits per heavy atom. The quantitative estimate of drug-likeness (QED) is 0.604. The normalized spacial score (nSPS) is 17.4. The maximum atomic E-state index is 5.79. The first-order valence-electron chi connectivity index (χ1n) is 8.34. The lowest BCUT2D eigenvalue weighted by Crippen LogP contribution is -2.16. The number of rotatable bonds is 6. The minimum Gasteiger partial charge on any atom is -0.376 e. The van der Waals surface area contributed by atoms with Gasteiger partial charge < -0.3 is 13.8 Å². The zero-order valence-electron chi connectivity index (χ0n) is 14.3. The van der Waals surface area contributed by atoms with E-state index in [1.807, 2.05) is 23.8 Å². The first-order chi connectivity index (χ1) is 12.2. The van der Waals surface area contributed by atoms with Crippen LogP contribution in [0.1, 0.15) is 30.1 Å². The van der Waals surface area contributed by atoms with Crippen molar-refractivity contribution >= 4 is 23.1 Å². The second-order valence-corrected chi connectivity index (χ2v) is 7.85. The summed E-state index contributed by atoms with van der Waals surface area (Å²) in [5.74, 6) is 1.87. The second-order valence-electron chi connectivity index (χ2n) is 6.12. The topological polar surface area (TPSA) is 66.0 Å². The molecule has 0 aliphatic carbocycles. The van der Waals surface area contributed by atoms with Gasteiger partial charge in [-0.3, -0.25) is 0 Å². The highest BCUT2D eigenvalue weighted by Crippen LogP contribution is 2.27. The lowest BCUT2D eigenvalue weighted by molar-refractivity contribution is 0.0945. The largest absolute Gasteiger partial charge is 0.376 e. The van der Waals surface area contributed by atoms with Crippen molar-refractivity contribution in [3.8, 4) is 11.4 Å². The standard InChI is InChI=1S/C17H20N4O2S2/c1-11-12(2)21(8-14-4-3-6-22-14)17(18-11)25-10-15-19-16(20-23-15)13-5-7-24-9-13/h5,7,9,14H,3-4,6,8,10H2,1-2H3/t14-/m0/s1. The molecule has 6 nitrogen and oxygen atoms in total. The monoisotopic (exact) mass is 376 g/mol. The molecular weight excluding hydrogens is 356 g/mol. The van der Waals surface area contributed by atoms with E-state index >= 15 is 0 Å². The molecule has 8 heteroatoms. The zero-order chi connectivity index (χ0) is 17.2. The molecule has 4 heterocycles. The van der Waals surface area contributed by atoms with Crippen molar-refractivity contribution in [2.75, 3.05) is 6.61 Å². The molecule has 1 aliphatic rings. The average molecular weight is 377 g/mol. The van der Waals surface area contributed by atoms with E-state index < -0.39 is 0 Å². The van der Waals surface area contributed by atoms with Crippen LogP contribution < -0.4 is 0 Å². The number of thiophene rings is 1. The van der Waals surface area contributed by atoms with Crippen molar-refractivity contribution in [1.29, 1.82) is 0 Å². The highest BCUT2D eigenvalue weighted by Gasteiger charge is 2.21. The van der Waals surface area contributed by atoms with Crippen molar-refractivity contribution in [3.05, 3.63) is 34.1 Å². The Bertz CT molecular complexity index is 835. The van der Waals surface area contributed by atoms with E-state index in [-0.39, 0.29) is 0 Å². The van der Waals surface area contributed by atoms with Crippen molar-refractivity contribution in [3.63, 3.8) is 0 Å². The van der Waals surface area contributed by atoms with Crippen molar-refractivity contribution in [2.24, 2.45) is 0 Å². The van der Waals surface area contributed by atoms with Gasteiger partial charge in [0, 0.05) is 23.2 Å². The fourth-order valence-corrected chi connectivity index (χ4v) is 4.46. The van der Waals surface area contributed by atoms with Crippen LogP contribution in [0.25, 0.3) is 11.4 Å². The summed E-state index contributed by atoms with van der Waals surface area (Å²) in [4.78, 5) is 9.18. The molecular formula is C17H20N4O2S2. The lowest BCUT2D eigenvalue weighted by atomic mass is 10.2. The van der Waals surface area contributed by atoms with E-state index in [1.54, 1.807) is 23.1 Å². The summed E-state index contributed by atoms with van der Waals surface area (Å²) in [5.41, 5.74) is 3.25. The summed E-state index contributed by atoms with van der Waals surface area (Å²) in [5, 5.41) is 9.07. The van der Waals surface area contributed by atoms with Gasteiger partial charge in [0.1, 0.15) is 0 Å². The highest BCUT2D eigenvalue weighted by molar-refractivity contribution is 7.98. The summed E-state index contributed by atoms with van der Waals surface area (Å²) in [6, 6.07) is 1.99. The molecule has 0 aromatic carbocycles. The molecule has 0 amide bonds. The molecule has 25 heavy (non-hydrogen) atoms. The molecule has 3 aromatic heterocycles. The van der Waals surface area contributed by atoms with E-state index in [9.17, 15) is 0 Å². The lowest BCUT2D eigenvalue weighted by Gasteiger charge is -2.14. The molecule has 0 unspecified atom stereocenters. The van der Waals surface area contributed by atoms with Gasteiger partial charge in [0.25, 0.3) is 0 Å². The van der Waals surface area contributed by atoms with Crippen molar-refractivity contribution < 1.29 is 9.26 Å². The van der Waals surface area contributed by atoms with Gasteiger partial charge in [-0.2, -0.15) is 16.3 Å². The van der Waals surface area contributed by atoms with Gasteiger partial charge in [0.05, 0.1) is 24.1 Å². The van der Waals surface area contributed by atoms with Crippen LogP contribution in [0.4, 0.5) is 0 Å². The molecule has 4 rings (SSSR count). The Balaban J connectivity index is 1.46. The first-order valence-corrected chi connectivity index (χ1v) is 10.3. The molecule has 0 spiro atoms. The third-order valence-corrected chi connectivity index (χ3v) is 6.05. The van der Waals surface area contributed by atoms with Gasteiger partial charge in [0.15, 0.2) is 5.16 Å². The fourth-order valence-electron chi connectivity index (χ4n) is 2.89. The fraction of sp³-hybridized carbons (Fsp3) is 0.471. The van der Waals surface area contributed by atoms with Crippen LogP contribution in [0.3, 0.4) is 0 Å². The molecule has 1 fully saturated rings. The van der Waals surface area contributed by atoms with Crippen LogP contribution in [0.5, 0.6) is 0 Å². The number of nitrogens with zero attached hydrogens (tertiary/aromatic N) is 4. The van der Waals surface area contributed by atoms with Gasteiger partial charge in [-0.15, -0.1) is 0 Å². The van der Waals surface area contributed by atoms with Crippen molar-refractivity contribution in [1.82, 2.24) is 19.7 Å². The predicted octanol–water partition coefficient (Wildman–Crippen LogP) is 4.08. The van der Waals surface area contributed by atoms with E-state index in [4.69, 9.17) is 14.2 Å². The smallest absolute Gasteiger partial charge is 0.237 e. The van der Waals surface area contributed by atoms with Crippen LogP contribution in [-0.4, -0.2) is 32.4 Å². The predicted molar refractivity (Wildman–Crippen MR) is 97.8 cm³/mol. The maximum Gasteiger partial charge on any atom is 0.237 e. The summed E-state index contributed by atoms with van der Waals surface area (Å²) < 4.78 is 13.4. The second kappa shape index (κ2) is 7.31. The van der Waals surface area contributed by atoms with Crippen molar-refractivity contribution in [2.45, 2.75) is 50.2 Å². The minimum atomic E-state index is 0.292. The van der Waals surface area contributed by atoms with Gasteiger partial charge in [0.2, 0.25) is 11.7 Å². The van der Waals surface area contributed by atoms with Crippen LogP contribution in [0.2, 0.25) is 0 Å². The zero-order valence-corrected chi connectivity index (χ0v) is 15.9. The summed E-state index contributed by atoms with van der Waals surface area (Å²) >= 11 is 3.25. The minimum absolute atomic E-state index is 0.292. The SMILES string of the molecule is Cc1nc(SCc2nc(-c3ccsc3)no2)n(C[C@@H]2CCCO2)c1C. The number of hydrogen-bond donors (Lipinski definition) is 0. The number of hydrogen-bond acceptors (Lipinski definition) is 7. The number of aromatic nitrogens is 4. The number of aryl methyl sites for hydroxylation is 1. The number of imidazole rings is 1. The van der Waals surface area contributed by atoms with Gasteiger partial charge in [-0.05, 0) is 38.1 Å². The molecule has 1 aliphatic heterocycles. The van der Waals surface area contributed by atoms with Crippen LogP contribution in [0, 0.1) is 13.8 Å². The summed E-state index contributed by atoms with van der Waals surface area (Å²) in [7, 11) is 0. The van der Waals surface area contributed by atoms with E-state index in [0.717, 1.165) is 42.4 Å². The van der Waals surface area contributed by atoms with Gasteiger partial charge >= 0.3 is 0 Å². The van der Waals surface area contributed by atoms with E-state index in [2.05, 4.69) is 21.6 Å². The summed E-state index contributed by atoms with van der Waals surface area (Å²) in [6.07, 6.45) is 2.56. The van der Waals surface area contributed by atoms with E-state index in [1.165, 1.54) is 5.69 Å². The Labute approximate surface area is 154 Å². The molecule has 0 saturated carbocycles.